The predicted molar refractivity (Wildman–Crippen MR) is 124 cm³/mol. The Bertz CT molecular complexity index is 1060. The Morgan fingerprint density at radius 2 is 1.84 bits per heavy atom. The summed E-state index contributed by atoms with van der Waals surface area (Å²) < 4.78 is 8.71. The number of benzene rings is 2. The molecule has 2 aliphatic rings. The number of hydrogen-bond acceptors (Lipinski definition) is 4. The molecule has 2 saturated heterocycles. The van der Waals surface area contributed by atoms with Gasteiger partial charge >= 0.3 is 0 Å². The number of ether oxygens (including phenoxy) is 1. The van der Waals surface area contributed by atoms with Crippen LogP contribution in [0.5, 0.6) is 0 Å². The Morgan fingerprint density at radius 3 is 2.65 bits per heavy atom. The van der Waals surface area contributed by atoms with Crippen molar-refractivity contribution in [3.63, 3.8) is 0 Å². The molecule has 31 heavy (non-hydrogen) atoms. The molecule has 0 spiro atoms. The van der Waals surface area contributed by atoms with Gasteiger partial charge in [0.15, 0.2) is 0 Å². The summed E-state index contributed by atoms with van der Waals surface area (Å²) in [6, 6.07) is 16.6. The highest BCUT2D eigenvalue weighted by molar-refractivity contribution is 9.10. The quantitative estimate of drug-likeness (QED) is 0.566. The second-order valence-corrected chi connectivity index (χ2v) is 9.26. The number of amides is 1. The lowest BCUT2D eigenvalue weighted by Gasteiger charge is -2.36. The summed E-state index contributed by atoms with van der Waals surface area (Å²) in [6.07, 6.45) is 2.01. The number of morpholine rings is 1. The minimum absolute atomic E-state index is 0.0670. The van der Waals surface area contributed by atoms with Crippen molar-refractivity contribution in [3.8, 4) is 5.69 Å². The summed E-state index contributed by atoms with van der Waals surface area (Å²) in [6.45, 7) is 5.26. The molecule has 3 heterocycles. The normalized spacial score (nSPS) is 20.3. The fourth-order valence-corrected chi connectivity index (χ4v) is 4.97. The van der Waals surface area contributed by atoms with E-state index in [2.05, 4.69) is 67.9 Å². The van der Waals surface area contributed by atoms with Gasteiger partial charge in [-0.15, -0.1) is 0 Å². The fraction of sp³-hybridized carbons (Fsp3) is 0.417. The number of aromatic nitrogens is 2. The Kier molecular flexibility index (Phi) is 6.07. The van der Waals surface area contributed by atoms with Crippen molar-refractivity contribution in [1.29, 1.82) is 0 Å². The van der Waals surface area contributed by atoms with Crippen LogP contribution in [-0.2, 0) is 16.1 Å². The number of para-hydroxylation sites is 2. The fourth-order valence-electron chi connectivity index (χ4n) is 4.70. The van der Waals surface area contributed by atoms with Crippen LogP contribution >= 0.6 is 15.9 Å². The molecule has 2 aromatic carbocycles. The third-order valence-corrected chi connectivity index (χ3v) is 6.79. The highest BCUT2D eigenvalue weighted by atomic mass is 79.9. The standard InChI is InChI=1S/C24H27BrN4O2/c25-19-7-9-20(10-8-19)29-22-6-2-1-5-21(22)26-23(29)17-27-11-3-4-18(16-27)24(30)28-12-14-31-15-13-28/h1-2,5-10,18H,3-4,11-17H2/t18-/m0/s1. The van der Waals surface area contributed by atoms with E-state index >= 15 is 0 Å². The lowest BCUT2D eigenvalue weighted by Crippen LogP contribution is -2.48. The number of likely N-dealkylation sites (tertiary alicyclic amines) is 1. The molecule has 7 heteroatoms. The molecule has 0 unspecified atom stereocenters. The maximum Gasteiger partial charge on any atom is 0.227 e. The second kappa shape index (κ2) is 9.10. The minimum atomic E-state index is 0.0670. The highest BCUT2D eigenvalue weighted by Gasteiger charge is 2.30. The Balaban J connectivity index is 1.39. The largest absolute Gasteiger partial charge is 0.378 e. The molecule has 3 aromatic rings. The number of nitrogens with zero attached hydrogens (tertiary/aromatic N) is 4. The molecule has 0 bridgehead atoms. The van der Waals surface area contributed by atoms with Gasteiger partial charge in [-0.25, -0.2) is 4.98 Å². The lowest BCUT2D eigenvalue weighted by molar-refractivity contribution is -0.141. The monoisotopic (exact) mass is 482 g/mol. The number of halogens is 1. The molecule has 2 aliphatic heterocycles. The van der Waals surface area contributed by atoms with Gasteiger partial charge in [-0.1, -0.05) is 28.1 Å². The highest BCUT2D eigenvalue weighted by Crippen LogP contribution is 2.26. The lowest BCUT2D eigenvalue weighted by atomic mass is 9.96. The molecule has 0 saturated carbocycles. The molecule has 1 aromatic heterocycles. The van der Waals surface area contributed by atoms with Crippen molar-refractivity contribution in [2.75, 3.05) is 39.4 Å². The topological polar surface area (TPSA) is 50.6 Å². The molecule has 6 nitrogen and oxygen atoms in total. The first-order chi connectivity index (χ1) is 15.2. The van der Waals surface area contributed by atoms with E-state index in [4.69, 9.17) is 9.72 Å². The van der Waals surface area contributed by atoms with E-state index < -0.39 is 0 Å². The van der Waals surface area contributed by atoms with Crippen LogP contribution in [0.25, 0.3) is 16.7 Å². The Morgan fingerprint density at radius 1 is 1.06 bits per heavy atom. The number of carbonyl (C=O) groups is 1. The van der Waals surface area contributed by atoms with Gasteiger partial charge in [-0.2, -0.15) is 0 Å². The summed E-state index contributed by atoms with van der Waals surface area (Å²) in [4.78, 5) is 22.4. The number of imidazole rings is 1. The van der Waals surface area contributed by atoms with E-state index in [1.165, 1.54) is 0 Å². The zero-order valence-corrected chi connectivity index (χ0v) is 19.1. The van der Waals surface area contributed by atoms with Gasteiger partial charge in [0.2, 0.25) is 5.91 Å². The van der Waals surface area contributed by atoms with Crippen LogP contribution in [0.1, 0.15) is 18.7 Å². The minimum Gasteiger partial charge on any atom is -0.378 e. The number of fused-ring (bicyclic) bond motifs is 1. The van der Waals surface area contributed by atoms with Gasteiger partial charge in [0.05, 0.1) is 36.7 Å². The third-order valence-electron chi connectivity index (χ3n) is 6.26. The zero-order valence-electron chi connectivity index (χ0n) is 17.5. The van der Waals surface area contributed by atoms with Crippen LogP contribution in [0.2, 0.25) is 0 Å². The average molecular weight is 483 g/mol. The molecule has 162 valence electrons. The number of hydrogen-bond donors (Lipinski definition) is 0. The summed E-state index contributed by atoms with van der Waals surface area (Å²) in [5.74, 6) is 1.37. The van der Waals surface area contributed by atoms with Gasteiger partial charge in [0, 0.05) is 29.8 Å². The van der Waals surface area contributed by atoms with Crippen molar-refractivity contribution >= 4 is 32.9 Å². The van der Waals surface area contributed by atoms with Gasteiger partial charge < -0.3 is 9.64 Å². The van der Waals surface area contributed by atoms with Crippen molar-refractivity contribution in [3.05, 3.63) is 58.8 Å². The van der Waals surface area contributed by atoms with Crippen LogP contribution in [-0.4, -0.2) is 64.7 Å². The van der Waals surface area contributed by atoms with Crippen LogP contribution < -0.4 is 0 Å². The molecule has 2 fully saturated rings. The molecule has 0 radical (unpaired) electrons. The third kappa shape index (κ3) is 4.40. The molecular weight excluding hydrogens is 456 g/mol. The zero-order chi connectivity index (χ0) is 21.2. The maximum atomic E-state index is 13.0. The first-order valence-corrected chi connectivity index (χ1v) is 11.8. The van der Waals surface area contributed by atoms with Crippen LogP contribution in [0.3, 0.4) is 0 Å². The van der Waals surface area contributed by atoms with Crippen molar-refractivity contribution in [1.82, 2.24) is 19.4 Å². The Hall–Kier alpha value is -2.22. The SMILES string of the molecule is O=C([C@H]1CCCN(Cc2nc3ccccc3n2-c2ccc(Br)cc2)C1)N1CCOCC1. The molecule has 0 N–H and O–H groups in total. The second-order valence-electron chi connectivity index (χ2n) is 8.34. The summed E-state index contributed by atoms with van der Waals surface area (Å²) in [7, 11) is 0. The molecule has 1 atom stereocenters. The van der Waals surface area contributed by atoms with Gasteiger partial charge in [-0.05, 0) is 55.8 Å². The number of piperidine rings is 1. The van der Waals surface area contributed by atoms with Crippen molar-refractivity contribution in [2.45, 2.75) is 19.4 Å². The maximum absolute atomic E-state index is 13.0. The molecule has 0 aliphatic carbocycles. The van der Waals surface area contributed by atoms with E-state index in [1.54, 1.807) is 0 Å². The number of carbonyl (C=O) groups excluding carboxylic acids is 1. The van der Waals surface area contributed by atoms with Gasteiger partial charge in [0.1, 0.15) is 5.82 Å². The number of rotatable bonds is 4. The van der Waals surface area contributed by atoms with E-state index in [9.17, 15) is 4.79 Å². The average Bonchev–Trinajstić information content (AvgIpc) is 3.17. The molecule has 5 rings (SSSR count). The van der Waals surface area contributed by atoms with Gasteiger partial charge in [-0.3, -0.25) is 14.3 Å². The molecule has 1 amide bonds. The Labute approximate surface area is 190 Å². The first kappa shape index (κ1) is 20.7. The van der Waals surface area contributed by atoms with E-state index in [-0.39, 0.29) is 11.8 Å². The summed E-state index contributed by atoms with van der Waals surface area (Å²) in [5, 5.41) is 0. The molecular formula is C24H27BrN4O2. The van der Waals surface area contributed by atoms with Crippen molar-refractivity contribution < 1.29 is 9.53 Å². The van der Waals surface area contributed by atoms with E-state index in [0.717, 1.165) is 59.5 Å². The predicted octanol–water partition coefficient (Wildman–Crippen LogP) is 3.86. The summed E-state index contributed by atoms with van der Waals surface area (Å²) in [5.41, 5.74) is 3.21. The van der Waals surface area contributed by atoms with Crippen LogP contribution in [0.15, 0.2) is 53.0 Å². The van der Waals surface area contributed by atoms with Crippen LogP contribution in [0, 0.1) is 5.92 Å². The van der Waals surface area contributed by atoms with Crippen LogP contribution in [0.4, 0.5) is 0 Å². The van der Waals surface area contributed by atoms with E-state index in [0.29, 0.717) is 26.3 Å². The van der Waals surface area contributed by atoms with Gasteiger partial charge in [0.25, 0.3) is 0 Å². The smallest absolute Gasteiger partial charge is 0.227 e. The summed E-state index contributed by atoms with van der Waals surface area (Å²) >= 11 is 3.53. The first-order valence-electron chi connectivity index (χ1n) is 11.0. The van der Waals surface area contributed by atoms with Crippen molar-refractivity contribution in [2.24, 2.45) is 5.92 Å². The van der Waals surface area contributed by atoms with E-state index in [1.807, 2.05) is 11.0 Å².